The molecule has 0 atom stereocenters. The lowest BCUT2D eigenvalue weighted by Gasteiger charge is -2.19. The van der Waals surface area contributed by atoms with Crippen molar-refractivity contribution >= 4 is 5.97 Å². The minimum Gasteiger partial charge on any atom is -0.497 e. The topological polar surface area (TPSA) is 51.7 Å². The molecule has 0 N–H and O–H groups in total. The van der Waals surface area contributed by atoms with Gasteiger partial charge in [0, 0.05) is 24.4 Å². The molecule has 0 bridgehead atoms. The number of ether oxygens (including phenoxy) is 2. The van der Waals surface area contributed by atoms with E-state index in [4.69, 9.17) is 9.47 Å². The lowest BCUT2D eigenvalue weighted by Crippen LogP contribution is -2.30. The second kappa shape index (κ2) is 7.74. The minimum atomic E-state index is -0.205. The summed E-state index contributed by atoms with van der Waals surface area (Å²) < 4.78 is 10.2. The predicted octanol–water partition coefficient (Wildman–Crippen LogP) is 1.78. The van der Waals surface area contributed by atoms with Crippen LogP contribution in [0.2, 0.25) is 0 Å². The van der Waals surface area contributed by atoms with Crippen LogP contribution < -0.4 is 4.74 Å². The Bertz CT molecular complexity index is 421. The van der Waals surface area contributed by atoms with Gasteiger partial charge in [-0.25, -0.2) is 0 Å². The number of aromatic nitrogens is 1. The highest BCUT2D eigenvalue weighted by Crippen LogP contribution is 2.14. The number of rotatable bonds is 7. The van der Waals surface area contributed by atoms with E-state index in [0.29, 0.717) is 13.2 Å². The quantitative estimate of drug-likeness (QED) is 0.704. The molecule has 5 nitrogen and oxygen atoms in total. The van der Waals surface area contributed by atoms with Crippen molar-refractivity contribution in [2.24, 2.45) is 0 Å². The average molecular weight is 266 g/mol. The fraction of sp³-hybridized carbons (Fsp3) is 0.571. The molecular weight excluding hydrogens is 244 g/mol. The molecule has 0 aliphatic heterocycles. The maximum absolute atomic E-state index is 11.5. The maximum Gasteiger partial charge on any atom is 0.320 e. The van der Waals surface area contributed by atoms with Crippen LogP contribution in [0.25, 0.3) is 0 Å². The first-order valence-electron chi connectivity index (χ1n) is 6.48. The van der Waals surface area contributed by atoms with Crippen molar-refractivity contribution in [3.8, 4) is 5.75 Å². The van der Waals surface area contributed by atoms with Crippen molar-refractivity contribution in [3.63, 3.8) is 0 Å². The molecule has 0 amide bonds. The molecule has 1 rings (SSSR count). The summed E-state index contributed by atoms with van der Waals surface area (Å²) >= 11 is 0. The Kier molecular flexibility index (Phi) is 6.29. The van der Waals surface area contributed by atoms with Crippen LogP contribution in [-0.4, -0.2) is 42.7 Å². The number of hydrogen-bond acceptors (Lipinski definition) is 5. The number of methoxy groups -OCH3 is 1. The molecule has 0 radical (unpaired) electrons. The van der Waals surface area contributed by atoms with Crippen LogP contribution in [0.15, 0.2) is 12.1 Å². The Morgan fingerprint density at radius 1 is 1.37 bits per heavy atom. The molecule has 5 heteroatoms. The van der Waals surface area contributed by atoms with Crippen molar-refractivity contribution in [3.05, 3.63) is 23.5 Å². The van der Waals surface area contributed by atoms with E-state index in [2.05, 4.69) is 4.98 Å². The third kappa shape index (κ3) is 5.26. The Hall–Kier alpha value is -1.62. The molecule has 19 heavy (non-hydrogen) atoms. The normalized spacial score (nSPS) is 10.6. The van der Waals surface area contributed by atoms with Gasteiger partial charge in [-0.3, -0.25) is 14.7 Å². The first-order chi connectivity index (χ1) is 9.08. The standard InChI is InChI=1S/C14H22N2O3/c1-5-16(10-14(17)19-6-2)9-12-8-13(18-4)7-11(3)15-12/h7-8H,5-6,9-10H2,1-4H3. The fourth-order valence-electron chi connectivity index (χ4n) is 1.80. The largest absolute Gasteiger partial charge is 0.497 e. The fourth-order valence-corrected chi connectivity index (χ4v) is 1.80. The van der Waals surface area contributed by atoms with Crippen LogP contribution in [0.4, 0.5) is 0 Å². The van der Waals surface area contributed by atoms with Crippen LogP contribution >= 0.6 is 0 Å². The number of likely N-dealkylation sites (N-methyl/N-ethyl adjacent to an activating group) is 1. The second-order valence-electron chi connectivity index (χ2n) is 4.25. The van der Waals surface area contributed by atoms with E-state index >= 15 is 0 Å². The molecule has 1 aromatic rings. The first-order valence-corrected chi connectivity index (χ1v) is 6.48. The van der Waals surface area contributed by atoms with Gasteiger partial charge in [-0.15, -0.1) is 0 Å². The number of pyridine rings is 1. The molecule has 0 aliphatic rings. The van der Waals surface area contributed by atoms with Gasteiger partial charge in [-0.1, -0.05) is 6.92 Å². The number of aryl methyl sites for hydroxylation is 1. The van der Waals surface area contributed by atoms with Crippen LogP contribution in [0, 0.1) is 6.92 Å². The highest BCUT2D eigenvalue weighted by molar-refractivity contribution is 5.71. The van der Waals surface area contributed by atoms with Crippen molar-refractivity contribution in [2.75, 3.05) is 26.8 Å². The lowest BCUT2D eigenvalue weighted by molar-refractivity contribution is -0.144. The minimum absolute atomic E-state index is 0.205. The van der Waals surface area contributed by atoms with Gasteiger partial charge in [0.1, 0.15) is 5.75 Å². The molecule has 106 valence electrons. The number of esters is 1. The van der Waals surface area contributed by atoms with E-state index in [9.17, 15) is 4.79 Å². The summed E-state index contributed by atoms with van der Waals surface area (Å²) in [7, 11) is 1.63. The maximum atomic E-state index is 11.5. The van der Waals surface area contributed by atoms with E-state index in [0.717, 1.165) is 23.7 Å². The van der Waals surface area contributed by atoms with Gasteiger partial charge in [0.25, 0.3) is 0 Å². The van der Waals surface area contributed by atoms with E-state index in [1.165, 1.54) is 0 Å². The summed E-state index contributed by atoms with van der Waals surface area (Å²) in [6.07, 6.45) is 0. The summed E-state index contributed by atoms with van der Waals surface area (Å²) in [5, 5.41) is 0. The van der Waals surface area contributed by atoms with E-state index in [1.54, 1.807) is 14.0 Å². The van der Waals surface area contributed by atoms with Gasteiger partial charge in [-0.05, 0) is 20.4 Å². The second-order valence-corrected chi connectivity index (χ2v) is 4.25. The molecule has 0 fully saturated rings. The summed E-state index contributed by atoms with van der Waals surface area (Å²) in [4.78, 5) is 17.9. The van der Waals surface area contributed by atoms with Gasteiger partial charge in [-0.2, -0.15) is 0 Å². The highest BCUT2D eigenvalue weighted by Gasteiger charge is 2.11. The zero-order valence-electron chi connectivity index (χ0n) is 12.1. The molecule has 0 aromatic carbocycles. The Morgan fingerprint density at radius 2 is 2.11 bits per heavy atom. The zero-order valence-corrected chi connectivity index (χ0v) is 12.1. The van der Waals surface area contributed by atoms with Gasteiger partial charge in [0.05, 0.1) is 26.0 Å². The monoisotopic (exact) mass is 266 g/mol. The summed E-state index contributed by atoms with van der Waals surface area (Å²) in [6.45, 7) is 7.79. The van der Waals surface area contributed by atoms with E-state index in [-0.39, 0.29) is 12.5 Å². The number of carbonyl (C=O) groups is 1. The third-order valence-corrected chi connectivity index (χ3v) is 2.71. The zero-order chi connectivity index (χ0) is 14.3. The number of nitrogens with zero attached hydrogens (tertiary/aromatic N) is 2. The smallest absolute Gasteiger partial charge is 0.320 e. The van der Waals surface area contributed by atoms with Crippen molar-refractivity contribution in [1.82, 2.24) is 9.88 Å². The molecule has 0 unspecified atom stereocenters. The van der Waals surface area contributed by atoms with Gasteiger partial charge >= 0.3 is 5.97 Å². The number of hydrogen-bond donors (Lipinski definition) is 0. The van der Waals surface area contributed by atoms with Crippen molar-refractivity contribution in [1.29, 1.82) is 0 Å². The highest BCUT2D eigenvalue weighted by atomic mass is 16.5. The summed E-state index contributed by atoms with van der Waals surface area (Å²) in [5.74, 6) is 0.582. The van der Waals surface area contributed by atoms with Crippen LogP contribution in [0.3, 0.4) is 0 Å². The van der Waals surface area contributed by atoms with Crippen LogP contribution in [-0.2, 0) is 16.1 Å². The van der Waals surface area contributed by atoms with Crippen molar-refractivity contribution < 1.29 is 14.3 Å². The number of carbonyl (C=O) groups excluding carboxylic acids is 1. The first kappa shape index (κ1) is 15.4. The summed E-state index contributed by atoms with van der Waals surface area (Å²) in [6, 6.07) is 3.77. The van der Waals surface area contributed by atoms with Crippen LogP contribution in [0.1, 0.15) is 25.2 Å². The summed E-state index contributed by atoms with van der Waals surface area (Å²) in [5.41, 5.74) is 1.80. The molecule has 1 aromatic heterocycles. The van der Waals surface area contributed by atoms with E-state index in [1.807, 2.05) is 30.9 Å². The SMILES string of the molecule is CCOC(=O)CN(CC)Cc1cc(OC)cc(C)n1. The predicted molar refractivity (Wildman–Crippen MR) is 73.1 cm³/mol. The van der Waals surface area contributed by atoms with Crippen molar-refractivity contribution in [2.45, 2.75) is 27.3 Å². The van der Waals surface area contributed by atoms with Gasteiger partial charge in [0.2, 0.25) is 0 Å². The molecule has 0 saturated carbocycles. The van der Waals surface area contributed by atoms with Crippen LogP contribution in [0.5, 0.6) is 5.75 Å². The lowest BCUT2D eigenvalue weighted by atomic mass is 10.2. The molecular formula is C14H22N2O3. The Labute approximate surface area is 114 Å². The third-order valence-electron chi connectivity index (χ3n) is 2.71. The molecule has 0 spiro atoms. The van der Waals surface area contributed by atoms with Gasteiger partial charge in [0.15, 0.2) is 0 Å². The molecule has 0 aliphatic carbocycles. The van der Waals surface area contributed by atoms with E-state index < -0.39 is 0 Å². The van der Waals surface area contributed by atoms with Gasteiger partial charge < -0.3 is 9.47 Å². The Morgan fingerprint density at radius 3 is 2.68 bits per heavy atom. The molecule has 1 heterocycles. The average Bonchev–Trinajstić information content (AvgIpc) is 2.37. The Balaban J connectivity index is 2.69. The molecule has 0 saturated heterocycles.